The van der Waals surface area contributed by atoms with Gasteiger partial charge >= 0.3 is 11.6 Å². The summed E-state index contributed by atoms with van der Waals surface area (Å²) in [4.78, 5) is 34.2. The average molecular weight is 333 g/mol. The first kappa shape index (κ1) is 17.5. The van der Waals surface area contributed by atoms with E-state index in [2.05, 4.69) is 5.32 Å². The number of aliphatic carboxylic acids is 1. The fourth-order valence-electron chi connectivity index (χ4n) is 2.30. The number of nitrogens with one attached hydrogen (secondary N) is 1. The van der Waals surface area contributed by atoms with Crippen molar-refractivity contribution in [3.63, 3.8) is 0 Å². The molecule has 0 radical (unpaired) electrons. The summed E-state index contributed by atoms with van der Waals surface area (Å²) in [5.41, 5.74) is 2.00. The van der Waals surface area contributed by atoms with Crippen LogP contribution in [0.5, 0.6) is 5.75 Å². The van der Waals surface area contributed by atoms with E-state index in [9.17, 15) is 14.4 Å². The predicted octanol–water partition coefficient (Wildman–Crippen LogP) is 1.69. The van der Waals surface area contributed by atoms with Gasteiger partial charge in [0.1, 0.15) is 17.9 Å². The first-order valence-electron chi connectivity index (χ1n) is 7.42. The van der Waals surface area contributed by atoms with Gasteiger partial charge in [0, 0.05) is 16.5 Å². The van der Waals surface area contributed by atoms with E-state index in [1.165, 1.54) is 6.92 Å². The molecule has 2 N–H and O–H groups in total. The molecule has 0 aliphatic heterocycles. The molecule has 1 atom stereocenters. The number of hydrogen-bond acceptors (Lipinski definition) is 5. The molecule has 0 fully saturated rings. The summed E-state index contributed by atoms with van der Waals surface area (Å²) in [5, 5.41) is 11.6. The maximum absolute atomic E-state index is 11.9. The van der Waals surface area contributed by atoms with Crippen LogP contribution >= 0.6 is 0 Å². The summed E-state index contributed by atoms with van der Waals surface area (Å²) in [5.74, 6) is -1.28. The molecule has 0 saturated carbocycles. The van der Waals surface area contributed by atoms with E-state index in [-0.39, 0.29) is 0 Å². The Kier molecular flexibility index (Phi) is 4.92. The Hall–Kier alpha value is -2.83. The monoisotopic (exact) mass is 333 g/mol. The number of hydrogen-bond donors (Lipinski definition) is 2. The lowest BCUT2D eigenvalue weighted by Gasteiger charge is -2.17. The Morgan fingerprint density at radius 1 is 1.21 bits per heavy atom. The van der Waals surface area contributed by atoms with Gasteiger partial charge in [-0.3, -0.25) is 9.59 Å². The molecule has 0 saturated heterocycles. The molecule has 0 bridgehead atoms. The highest BCUT2D eigenvalue weighted by Gasteiger charge is 2.18. The maximum atomic E-state index is 11.9. The SMILES string of the molecule is Cc1c(C)c2ccc(O[C@H](C)C(=O)NCC(=O)O)c(C)c2oc1=O. The van der Waals surface area contributed by atoms with Crippen molar-refractivity contribution >= 4 is 22.8 Å². The molecule has 0 aliphatic carbocycles. The van der Waals surface area contributed by atoms with Crippen LogP contribution in [0, 0.1) is 20.8 Å². The zero-order valence-corrected chi connectivity index (χ0v) is 13.9. The smallest absolute Gasteiger partial charge is 0.339 e. The molecule has 1 aromatic heterocycles. The number of amides is 1. The number of benzene rings is 1. The van der Waals surface area contributed by atoms with Gasteiger partial charge in [0.2, 0.25) is 0 Å². The molecule has 2 aromatic rings. The van der Waals surface area contributed by atoms with Gasteiger partial charge in [-0.15, -0.1) is 0 Å². The lowest BCUT2D eigenvalue weighted by molar-refractivity contribution is -0.139. The van der Waals surface area contributed by atoms with Crippen LogP contribution in [0.25, 0.3) is 11.0 Å². The molecule has 128 valence electrons. The van der Waals surface area contributed by atoms with Gasteiger partial charge in [-0.25, -0.2) is 4.79 Å². The van der Waals surface area contributed by atoms with E-state index in [1.807, 2.05) is 6.92 Å². The van der Waals surface area contributed by atoms with Crippen molar-refractivity contribution in [1.82, 2.24) is 5.32 Å². The molecule has 1 heterocycles. The van der Waals surface area contributed by atoms with Gasteiger partial charge in [-0.2, -0.15) is 0 Å². The van der Waals surface area contributed by atoms with Crippen LogP contribution in [0.2, 0.25) is 0 Å². The summed E-state index contributed by atoms with van der Waals surface area (Å²) < 4.78 is 10.9. The minimum Gasteiger partial charge on any atom is -0.480 e. The van der Waals surface area contributed by atoms with E-state index in [0.717, 1.165) is 10.9 Å². The van der Waals surface area contributed by atoms with Crippen molar-refractivity contribution in [2.24, 2.45) is 0 Å². The van der Waals surface area contributed by atoms with E-state index in [4.69, 9.17) is 14.3 Å². The zero-order chi connectivity index (χ0) is 18.0. The summed E-state index contributed by atoms with van der Waals surface area (Å²) in [7, 11) is 0. The number of carbonyl (C=O) groups is 2. The minimum atomic E-state index is -1.13. The fourth-order valence-corrected chi connectivity index (χ4v) is 2.30. The molecule has 7 heteroatoms. The Balaban J connectivity index is 2.32. The van der Waals surface area contributed by atoms with Gasteiger partial charge in [-0.05, 0) is 45.4 Å². The summed E-state index contributed by atoms with van der Waals surface area (Å²) >= 11 is 0. The van der Waals surface area contributed by atoms with Crippen molar-refractivity contribution in [3.8, 4) is 5.75 Å². The first-order chi connectivity index (χ1) is 11.2. The molecule has 1 aromatic carbocycles. The van der Waals surface area contributed by atoms with Crippen LogP contribution in [-0.4, -0.2) is 29.6 Å². The van der Waals surface area contributed by atoms with E-state index in [0.29, 0.717) is 22.5 Å². The number of carbonyl (C=O) groups excluding carboxylic acids is 1. The summed E-state index contributed by atoms with van der Waals surface area (Å²) in [6.45, 7) is 6.32. The van der Waals surface area contributed by atoms with Crippen LogP contribution in [0.1, 0.15) is 23.6 Å². The molecule has 24 heavy (non-hydrogen) atoms. The Labute approximate surface area is 138 Å². The van der Waals surface area contributed by atoms with Crippen LogP contribution in [0.3, 0.4) is 0 Å². The molecule has 7 nitrogen and oxygen atoms in total. The zero-order valence-electron chi connectivity index (χ0n) is 13.9. The predicted molar refractivity (Wildman–Crippen MR) is 87.4 cm³/mol. The minimum absolute atomic E-state index is 0.395. The topological polar surface area (TPSA) is 106 Å². The highest BCUT2D eigenvalue weighted by atomic mass is 16.5. The second-order valence-electron chi connectivity index (χ2n) is 5.58. The maximum Gasteiger partial charge on any atom is 0.339 e. The van der Waals surface area contributed by atoms with Gasteiger partial charge in [0.15, 0.2) is 6.10 Å². The number of carboxylic acid groups (broad SMARTS) is 1. The molecule has 0 unspecified atom stereocenters. The average Bonchev–Trinajstić information content (AvgIpc) is 2.53. The van der Waals surface area contributed by atoms with Crippen molar-refractivity contribution in [1.29, 1.82) is 0 Å². The number of carboxylic acids is 1. The van der Waals surface area contributed by atoms with E-state index < -0.39 is 30.2 Å². The van der Waals surface area contributed by atoms with Gasteiger partial charge in [0.05, 0.1) is 0 Å². The van der Waals surface area contributed by atoms with E-state index >= 15 is 0 Å². The van der Waals surface area contributed by atoms with Crippen molar-refractivity contribution in [2.45, 2.75) is 33.8 Å². The molecule has 1 amide bonds. The Bertz CT molecular complexity index is 867. The Morgan fingerprint density at radius 2 is 1.88 bits per heavy atom. The summed E-state index contributed by atoms with van der Waals surface area (Å²) in [6.07, 6.45) is -0.890. The molecule has 2 rings (SSSR count). The third-order valence-corrected chi connectivity index (χ3v) is 3.91. The lowest BCUT2D eigenvalue weighted by Crippen LogP contribution is -2.39. The van der Waals surface area contributed by atoms with Gasteiger partial charge < -0.3 is 19.6 Å². The second-order valence-corrected chi connectivity index (χ2v) is 5.58. The fraction of sp³-hybridized carbons (Fsp3) is 0.353. The first-order valence-corrected chi connectivity index (χ1v) is 7.42. The van der Waals surface area contributed by atoms with Crippen molar-refractivity contribution in [3.05, 3.63) is 39.2 Å². The number of fused-ring (bicyclic) bond motifs is 1. The Morgan fingerprint density at radius 3 is 2.50 bits per heavy atom. The van der Waals surface area contributed by atoms with Gasteiger partial charge in [0.25, 0.3) is 5.91 Å². The van der Waals surface area contributed by atoms with Crippen LogP contribution in [0.4, 0.5) is 0 Å². The lowest BCUT2D eigenvalue weighted by atomic mass is 10.0. The van der Waals surface area contributed by atoms with Crippen LogP contribution in [0.15, 0.2) is 21.3 Å². The third kappa shape index (κ3) is 3.40. The quantitative estimate of drug-likeness (QED) is 0.807. The molecule has 0 spiro atoms. The highest BCUT2D eigenvalue weighted by Crippen LogP contribution is 2.29. The van der Waals surface area contributed by atoms with Crippen molar-refractivity contribution in [2.75, 3.05) is 6.54 Å². The number of rotatable bonds is 5. The van der Waals surface area contributed by atoms with Crippen molar-refractivity contribution < 1.29 is 23.8 Å². The number of ether oxygens (including phenoxy) is 1. The summed E-state index contributed by atoms with van der Waals surface area (Å²) in [6, 6.07) is 3.47. The van der Waals surface area contributed by atoms with Crippen LogP contribution < -0.4 is 15.7 Å². The normalized spacial score (nSPS) is 12.0. The van der Waals surface area contributed by atoms with E-state index in [1.54, 1.807) is 26.0 Å². The highest BCUT2D eigenvalue weighted by molar-refractivity contribution is 5.86. The largest absolute Gasteiger partial charge is 0.480 e. The number of aryl methyl sites for hydroxylation is 2. The molecular weight excluding hydrogens is 314 g/mol. The standard InChI is InChI=1S/C17H19NO6/c1-8-9(2)17(22)24-15-10(3)13(6-5-12(8)15)23-11(4)16(21)18-7-14(19)20/h5-6,11H,7H2,1-4H3,(H,18,21)(H,19,20)/t11-/m1/s1. The third-order valence-electron chi connectivity index (χ3n) is 3.91. The molecule has 0 aliphatic rings. The molecular formula is C17H19NO6. The van der Waals surface area contributed by atoms with Gasteiger partial charge in [-0.1, -0.05) is 0 Å². The second kappa shape index (κ2) is 6.74. The van der Waals surface area contributed by atoms with Crippen LogP contribution in [-0.2, 0) is 9.59 Å².